The number of amides is 1. The van der Waals surface area contributed by atoms with Crippen molar-refractivity contribution >= 4 is 28.8 Å². The topological polar surface area (TPSA) is 114 Å². The van der Waals surface area contributed by atoms with E-state index >= 15 is 0 Å². The molecule has 1 aliphatic rings. The molecule has 0 aliphatic heterocycles. The van der Waals surface area contributed by atoms with E-state index in [0.29, 0.717) is 21.9 Å². The minimum Gasteiger partial charge on any atom is -0.387 e. The van der Waals surface area contributed by atoms with Gasteiger partial charge in [-0.15, -0.1) is 0 Å². The highest BCUT2D eigenvalue weighted by Crippen LogP contribution is 2.39. The molecule has 9 nitrogen and oxygen atoms in total. The van der Waals surface area contributed by atoms with Crippen LogP contribution in [-0.4, -0.2) is 74.1 Å². The lowest BCUT2D eigenvalue weighted by Gasteiger charge is -2.23. The van der Waals surface area contributed by atoms with Gasteiger partial charge in [0.2, 0.25) is 0 Å². The number of anilines is 1. The molecule has 3 unspecified atom stereocenters. The van der Waals surface area contributed by atoms with Crippen LogP contribution in [0.4, 0.5) is 18.9 Å². The molecule has 3 atom stereocenters. The third kappa shape index (κ3) is 5.40. The third-order valence-corrected chi connectivity index (χ3v) is 6.29. The fraction of sp³-hybridized carbons (Fsp3) is 0.478. The molecule has 3 heterocycles. The van der Waals surface area contributed by atoms with Gasteiger partial charge in [0, 0.05) is 32.0 Å². The monoisotopic (exact) mass is 526 g/mol. The Kier molecular flexibility index (Phi) is 7.13. The van der Waals surface area contributed by atoms with E-state index in [1.54, 1.807) is 6.20 Å². The first-order valence-corrected chi connectivity index (χ1v) is 11.6. The Morgan fingerprint density at radius 3 is 2.78 bits per heavy atom. The van der Waals surface area contributed by atoms with Crippen LogP contribution in [0.5, 0.6) is 0 Å². The summed E-state index contributed by atoms with van der Waals surface area (Å²) in [5.41, 5.74) is -0.0425. The molecule has 194 valence electrons. The van der Waals surface area contributed by atoms with Crippen molar-refractivity contribution in [2.24, 2.45) is 0 Å². The van der Waals surface area contributed by atoms with Crippen molar-refractivity contribution in [1.29, 1.82) is 0 Å². The molecule has 1 saturated carbocycles. The Morgan fingerprint density at radius 1 is 1.36 bits per heavy atom. The molecule has 13 heteroatoms. The Balaban J connectivity index is 1.67. The molecular formula is C23H26ClF3N6O3. The van der Waals surface area contributed by atoms with Crippen LogP contribution in [0.3, 0.4) is 0 Å². The van der Waals surface area contributed by atoms with Gasteiger partial charge < -0.3 is 20.5 Å². The minimum atomic E-state index is -3.04. The second-order valence-electron chi connectivity index (χ2n) is 9.31. The number of ether oxygens (including phenoxy) is 1. The maximum absolute atomic E-state index is 14.3. The molecule has 0 spiro atoms. The number of aromatic nitrogens is 4. The Morgan fingerprint density at radius 2 is 2.11 bits per heavy atom. The molecule has 36 heavy (non-hydrogen) atoms. The van der Waals surface area contributed by atoms with Crippen LogP contribution in [-0.2, 0) is 4.74 Å². The van der Waals surface area contributed by atoms with Gasteiger partial charge in [0.05, 0.1) is 52.1 Å². The zero-order chi connectivity index (χ0) is 26.3. The van der Waals surface area contributed by atoms with Crippen molar-refractivity contribution in [3.63, 3.8) is 0 Å². The SMILES string of the molecule is COC1CC(Nc2cc(-c3cnn4cc(Cl)cnc34)ncc2C(=O)NCC(F)C(C)(C)O)CC1(F)F. The Bertz CT molecular complexity index is 1270. The molecular weight excluding hydrogens is 501 g/mol. The first-order chi connectivity index (χ1) is 16.9. The fourth-order valence-corrected chi connectivity index (χ4v) is 4.18. The van der Waals surface area contributed by atoms with E-state index in [0.717, 1.165) is 0 Å². The summed E-state index contributed by atoms with van der Waals surface area (Å²) in [4.78, 5) is 21.5. The van der Waals surface area contributed by atoms with Gasteiger partial charge in [-0.05, 0) is 26.3 Å². The van der Waals surface area contributed by atoms with E-state index in [-0.39, 0.29) is 17.7 Å². The highest BCUT2D eigenvalue weighted by molar-refractivity contribution is 6.30. The largest absolute Gasteiger partial charge is 0.387 e. The fourth-order valence-electron chi connectivity index (χ4n) is 4.04. The summed E-state index contributed by atoms with van der Waals surface area (Å²) in [7, 11) is 1.23. The molecule has 0 aromatic carbocycles. The Labute approximate surface area is 210 Å². The number of nitrogens with one attached hydrogen (secondary N) is 2. The molecule has 1 amide bonds. The number of carbonyl (C=O) groups is 1. The summed E-state index contributed by atoms with van der Waals surface area (Å²) in [6.07, 6.45) is 2.34. The first-order valence-electron chi connectivity index (χ1n) is 11.2. The number of hydrogen-bond acceptors (Lipinski definition) is 7. The summed E-state index contributed by atoms with van der Waals surface area (Å²) in [6, 6.07) is 0.835. The molecule has 3 N–H and O–H groups in total. The van der Waals surface area contributed by atoms with Gasteiger partial charge in [0.1, 0.15) is 12.3 Å². The van der Waals surface area contributed by atoms with Gasteiger partial charge in [-0.1, -0.05) is 11.6 Å². The van der Waals surface area contributed by atoms with E-state index in [9.17, 15) is 23.1 Å². The molecule has 1 fully saturated rings. The van der Waals surface area contributed by atoms with Crippen LogP contribution in [0.1, 0.15) is 37.0 Å². The predicted molar refractivity (Wildman–Crippen MR) is 127 cm³/mol. The van der Waals surface area contributed by atoms with Crippen LogP contribution < -0.4 is 10.6 Å². The average Bonchev–Trinajstić information content (AvgIpc) is 3.35. The predicted octanol–water partition coefficient (Wildman–Crippen LogP) is 3.51. The van der Waals surface area contributed by atoms with E-state index < -0.39 is 48.7 Å². The quantitative estimate of drug-likeness (QED) is 0.411. The second-order valence-corrected chi connectivity index (χ2v) is 9.75. The van der Waals surface area contributed by atoms with Gasteiger partial charge >= 0.3 is 0 Å². The molecule has 0 bridgehead atoms. The zero-order valence-corrected chi connectivity index (χ0v) is 20.6. The normalized spacial score (nSPS) is 20.4. The maximum Gasteiger partial charge on any atom is 0.275 e. The van der Waals surface area contributed by atoms with Crippen LogP contribution in [0, 0.1) is 0 Å². The van der Waals surface area contributed by atoms with E-state index in [1.165, 1.54) is 50.1 Å². The summed E-state index contributed by atoms with van der Waals surface area (Å²) < 4.78 is 49.2. The van der Waals surface area contributed by atoms with Gasteiger partial charge in [-0.25, -0.2) is 22.7 Å². The van der Waals surface area contributed by atoms with Crippen LogP contribution in [0.2, 0.25) is 5.02 Å². The number of rotatable bonds is 8. The van der Waals surface area contributed by atoms with E-state index in [2.05, 4.69) is 25.7 Å². The number of alkyl halides is 3. The number of halogens is 4. The van der Waals surface area contributed by atoms with Crippen LogP contribution in [0.15, 0.2) is 30.9 Å². The molecule has 1 aliphatic carbocycles. The van der Waals surface area contributed by atoms with Crippen molar-refractivity contribution in [3.8, 4) is 11.3 Å². The van der Waals surface area contributed by atoms with Gasteiger partial charge in [0.15, 0.2) is 5.65 Å². The summed E-state index contributed by atoms with van der Waals surface area (Å²) in [6.45, 7) is 2.13. The zero-order valence-electron chi connectivity index (χ0n) is 19.8. The lowest BCUT2D eigenvalue weighted by atomic mass is 10.0. The summed E-state index contributed by atoms with van der Waals surface area (Å²) >= 11 is 5.97. The number of fused-ring (bicyclic) bond motifs is 1. The average molecular weight is 527 g/mol. The van der Waals surface area contributed by atoms with Crippen molar-refractivity contribution in [1.82, 2.24) is 24.9 Å². The van der Waals surface area contributed by atoms with Crippen molar-refractivity contribution in [2.75, 3.05) is 19.0 Å². The standard InChI is InChI=1S/C23H26ClF3N6O3/c1-22(2,35)18(25)10-30-21(34)15-8-28-16(14-9-31-33-11-12(24)7-29-20(14)33)5-17(15)32-13-4-19(36-3)23(26,27)6-13/h5,7-9,11,13,18-19,35H,4,6,10H2,1-3H3,(H,28,32)(H,30,34). The maximum atomic E-state index is 14.3. The molecule has 0 radical (unpaired) electrons. The number of carbonyl (C=O) groups excluding carboxylic acids is 1. The molecule has 3 aromatic heterocycles. The number of pyridine rings is 1. The first kappa shape index (κ1) is 26.1. The molecule has 0 saturated heterocycles. The smallest absolute Gasteiger partial charge is 0.275 e. The number of nitrogens with zero attached hydrogens (tertiary/aromatic N) is 4. The Hall–Kier alpha value is -2.96. The molecule has 3 aromatic rings. The second kappa shape index (κ2) is 9.83. The van der Waals surface area contributed by atoms with E-state index in [1.807, 2.05) is 0 Å². The van der Waals surface area contributed by atoms with Crippen LogP contribution >= 0.6 is 11.6 Å². The number of aliphatic hydroxyl groups is 1. The lowest BCUT2D eigenvalue weighted by molar-refractivity contribution is -0.102. The lowest BCUT2D eigenvalue weighted by Crippen LogP contribution is -2.42. The molecule has 4 rings (SSSR count). The number of hydrogen-bond donors (Lipinski definition) is 3. The van der Waals surface area contributed by atoms with Gasteiger partial charge in [-0.3, -0.25) is 9.78 Å². The minimum absolute atomic E-state index is 0.0181. The highest BCUT2D eigenvalue weighted by atomic mass is 35.5. The summed E-state index contributed by atoms with van der Waals surface area (Å²) in [5.74, 6) is -3.72. The van der Waals surface area contributed by atoms with Gasteiger partial charge in [-0.2, -0.15) is 5.10 Å². The van der Waals surface area contributed by atoms with Crippen molar-refractivity contribution in [3.05, 3.63) is 41.4 Å². The summed E-state index contributed by atoms with van der Waals surface area (Å²) in [5, 5.41) is 19.8. The highest BCUT2D eigenvalue weighted by Gasteiger charge is 2.49. The van der Waals surface area contributed by atoms with Crippen molar-refractivity contribution < 1.29 is 27.8 Å². The third-order valence-electron chi connectivity index (χ3n) is 6.09. The van der Waals surface area contributed by atoms with Crippen molar-refractivity contribution in [2.45, 2.75) is 56.5 Å². The number of methoxy groups -OCH3 is 1. The van der Waals surface area contributed by atoms with Crippen LogP contribution in [0.25, 0.3) is 16.9 Å². The van der Waals surface area contributed by atoms with E-state index in [4.69, 9.17) is 16.3 Å². The van der Waals surface area contributed by atoms with Gasteiger partial charge in [0.25, 0.3) is 11.8 Å².